The van der Waals surface area contributed by atoms with Gasteiger partial charge in [-0.1, -0.05) is 19.2 Å². The number of fused-ring (bicyclic) bond motifs is 1. The van der Waals surface area contributed by atoms with E-state index in [1.807, 2.05) is 0 Å². The van der Waals surface area contributed by atoms with E-state index in [0.717, 1.165) is 0 Å². The highest BCUT2D eigenvalue weighted by Crippen LogP contribution is 2.35. The molecule has 4 heteroatoms. The highest BCUT2D eigenvalue weighted by atomic mass is 19.1. The van der Waals surface area contributed by atoms with Crippen molar-refractivity contribution < 1.29 is 13.9 Å². The Bertz CT molecular complexity index is 523. The van der Waals surface area contributed by atoms with Gasteiger partial charge in [-0.15, -0.1) is 0 Å². The Morgan fingerprint density at radius 1 is 1.28 bits per heavy atom. The van der Waals surface area contributed by atoms with Crippen LogP contribution in [0.5, 0.6) is 11.5 Å². The zero-order chi connectivity index (χ0) is 13.1. The lowest BCUT2D eigenvalue weighted by molar-refractivity contribution is 0.249. The summed E-state index contributed by atoms with van der Waals surface area (Å²) in [4.78, 5) is 0. The summed E-state index contributed by atoms with van der Waals surface area (Å²) in [5.74, 6) is 0.833. The fraction of sp³-hybridized carbons (Fsp3) is 0.143. The van der Waals surface area contributed by atoms with Crippen LogP contribution in [0.2, 0.25) is 0 Å². The van der Waals surface area contributed by atoms with Crippen LogP contribution < -0.4 is 15.2 Å². The molecule has 1 atom stereocenters. The van der Waals surface area contributed by atoms with E-state index in [1.54, 1.807) is 6.08 Å². The van der Waals surface area contributed by atoms with Crippen LogP contribution in [0.4, 0.5) is 4.39 Å². The average molecular weight is 247 g/mol. The van der Waals surface area contributed by atoms with Crippen molar-refractivity contribution in [2.24, 2.45) is 5.73 Å². The summed E-state index contributed by atoms with van der Waals surface area (Å²) in [6.45, 7) is 7.64. The van der Waals surface area contributed by atoms with Gasteiger partial charge in [0, 0.05) is 18.2 Å². The largest absolute Gasteiger partial charge is 0.480 e. The highest BCUT2D eigenvalue weighted by Gasteiger charge is 2.23. The van der Waals surface area contributed by atoms with Crippen molar-refractivity contribution in [3.8, 4) is 11.5 Å². The number of allylic oxidation sites excluding steroid dienone is 1. The van der Waals surface area contributed by atoms with Gasteiger partial charge in [0.1, 0.15) is 17.7 Å². The molecule has 94 valence electrons. The summed E-state index contributed by atoms with van der Waals surface area (Å²) in [5, 5.41) is 0. The Balaban J connectivity index is 2.53. The molecule has 0 amide bonds. The van der Waals surface area contributed by atoms with Crippen LogP contribution >= 0.6 is 0 Å². The molecule has 2 rings (SSSR count). The predicted molar refractivity (Wildman–Crippen MR) is 67.9 cm³/mol. The van der Waals surface area contributed by atoms with Gasteiger partial charge in [0.2, 0.25) is 0 Å². The first-order valence-corrected chi connectivity index (χ1v) is 5.52. The van der Waals surface area contributed by atoms with E-state index in [2.05, 4.69) is 13.2 Å². The molecule has 1 unspecified atom stereocenters. The van der Waals surface area contributed by atoms with Crippen LogP contribution in [0.15, 0.2) is 54.8 Å². The minimum atomic E-state index is -0.396. The Morgan fingerprint density at radius 3 is 2.67 bits per heavy atom. The summed E-state index contributed by atoms with van der Waals surface area (Å²) in [6.07, 6.45) is 2.75. The SMILES string of the molecule is C=CC1=C(C=C)C(CN)Oc2ccc(F)cc2O1. The van der Waals surface area contributed by atoms with Crippen molar-refractivity contribution in [1.82, 2.24) is 0 Å². The van der Waals surface area contributed by atoms with Crippen LogP contribution in [0, 0.1) is 5.82 Å². The zero-order valence-corrected chi connectivity index (χ0v) is 9.86. The molecule has 0 fully saturated rings. The van der Waals surface area contributed by atoms with E-state index in [-0.39, 0.29) is 12.6 Å². The second-order valence-electron chi connectivity index (χ2n) is 3.76. The quantitative estimate of drug-likeness (QED) is 0.892. The maximum Gasteiger partial charge on any atom is 0.172 e. The number of hydrogen-bond donors (Lipinski definition) is 1. The van der Waals surface area contributed by atoms with Gasteiger partial charge in [0.15, 0.2) is 11.5 Å². The molecular formula is C14H14FNO2. The molecule has 1 aromatic carbocycles. The van der Waals surface area contributed by atoms with E-state index in [4.69, 9.17) is 15.2 Å². The number of nitrogens with two attached hydrogens (primary N) is 1. The van der Waals surface area contributed by atoms with E-state index in [1.165, 1.54) is 24.3 Å². The third kappa shape index (κ3) is 2.15. The van der Waals surface area contributed by atoms with Crippen molar-refractivity contribution in [2.45, 2.75) is 6.10 Å². The standard InChI is InChI=1S/C14H14FNO2/c1-3-10-11(4-2)17-13-7-9(15)5-6-12(13)18-14(10)8-16/h3-7,14H,1-2,8,16H2. The summed E-state index contributed by atoms with van der Waals surface area (Å²) < 4.78 is 24.5. The molecule has 0 saturated heterocycles. The number of hydrogen-bond acceptors (Lipinski definition) is 3. The lowest BCUT2D eigenvalue weighted by Crippen LogP contribution is -2.28. The van der Waals surface area contributed by atoms with Gasteiger partial charge in [-0.25, -0.2) is 4.39 Å². The van der Waals surface area contributed by atoms with Crippen molar-refractivity contribution in [1.29, 1.82) is 0 Å². The van der Waals surface area contributed by atoms with Gasteiger partial charge in [-0.2, -0.15) is 0 Å². The average Bonchev–Trinajstić information content (AvgIpc) is 2.53. The molecule has 1 aromatic rings. The summed E-state index contributed by atoms with van der Waals surface area (Å²) in [5.41, 5.74) is 6.37. The van der Waals surface area contributed by atoms with Gasteiger partial charge in [0.05, 0.1) is 0 Å². The minimum absolute atomic E-state index is 0.263. The molecule has 2 N–H and O–H groups in total. The predicted octanol–water partition coefficient (Wildman–Crippen LogP) is 2.55. The molecular weight excluding hydrogens is 233 g/mol. The van der Waals surface area contributed by atoms with E-state index < -0.39 is 5.82 Å². The van der Waals surface area contributed by atoms with E-state index >= 15 is 0 Å². The Labute approximate surface area is 105 Å². The third-order valence-electron chi connectivity index (χ3n) is 2.65. The first kappa shape index (κ1) is 12.4. The van der Waals surface area contributed by atoms with Crippen LogP contribution in [0.1, 0.15) is 0 Å². The first-order chi connectivity index (χ1) is 8.69. The second kappa shape index (κ2) is 5.06. The van der Waals surface area contributed by atoms with Gasteiger partial charge >= 0.3 is 0 Å². The fourth-order valence-electron chi connectivity index (χ4n) is 1.78. The Hall–Kier alpha value is -2.07. The van der Waals surface area contributed by atoms with Gasteiger partial charge in [-0.05, 0) is 18.2 Å². The summed E-state index contributed by atoms with van der Waals surface area (Å²) in [7, 11) is 0. The molecule has 0 radical (unpaired) electrons. The van der Waals surface area contributed by atoms with Gasteiger partial charge in [-0.3, -0.25) is 0 Å². The third-order valence-corrected chi connectivity index (χ3v) is 2.65. The molecule has 0 aromatic heterocycles. The maximum atomic E-state index is 13.2. The van der Waals surface area contributed by atoms with Gasteiger partial charge in [0.25, 0.3) is 0 Å². The van der Waals surface area contributed by atoms with E-state index in [9.17, 15) is 4.39 Å². The molecule has 18 heavy (non-hydrogen) atoms. The Kier molecular flexibility index (Phi) is 3.48. The van der Waals surface area contributed by atoms with Crippen molar-refractivity contribution in [3.05, 3.63) is 60.7 Å². The molecule has 0 spiro atoms. The molecule has 0 bridgehead atoms. The fourth-order valence-corrected chi connectivity index (χ4v) is 1.78. The zero-order valence-electron chi connectivity index (χ0n) is 9.86. The lowest BCUT2D eigenvalue weighted by Gasteiger charge is -2.16. The summed E-state index contributed by atoms with van der Waals surface area (Å²) >= 11 is 0. The number of ether oxygens (including phenoxy) is 2. The van der Waals surface area contributed by atoms with Crippen LogP contribution in [0.3, 0.4) is 0 Å². The van der Waals surface area contributed by atoms with Crippen molar-refractivity contribution >= 4 is 0 Å². The normalized spacial score (nSPS) is 18.2. The molecule has 1 heterocycles. The van der Waals surface area contributed by atoms with Crippen LogP contribution in [-0.4, -0.2) is 12.6 Å². The first-order valence-electron chi connectivity index (χ1n) is 5.52. The molecule has 3 nitrogen and oxygen atoms in total. The highest BCUT2D eigenvalue weighted by molar-refractivity contribution is 5.46. The molecule has 1 aliphatic rings. The number of benzene rings is 1. The van der Waals surface area contributed by atoms with E-state index in [0.29, 0.717) is 22.8 Å². The number of rotatable bonds is 3. The number of halogens is 1. The van der Waals surface area contributed by atoms with Crippen LogP contribution in [-0.2, 0) is 0 Å². The smallest absolute Gasteiger partial charge is 0.172 e. The lowest BCUT2D eigenvalue weighted by atomic mass is 10.1. The van der Waals surface area contributed by atoms with Gasteiger partial charge < -0.3 is 15.2 Å². The molecule has 0 saturated carbocycles. The second-order valence-corrected chi connectivity index (χ2v) is 3.76. The maximum absolute atomic E-state index is 13.2. The van der Waals surface area contributed by atoms with Crippen LogP contribution in [0.25, 0.3) is 0 Å². The van der Waals surface area contributed by atoms with Crippen molar-refractivity contribution in [3.63, 3.8) is 0 Å². The molecule has 0 aliphatic carbocycles. The van der Waals surface area contributed by atoms with Crippen molar-refractivity contribution in [2.75, 3.05) is 6.54 Å². The Morgan fingerprint density at radius 2 is 2.06 bits per heavy atom. The topological polar surface area (TPSA) is 44.5 Å². The minimum Gasteiger partial charge on any atom is -0.480 e. The molecule has 1 aliphatic heterocycles. The monoisotopic (exact) mass is 247 g/mol. The summed E-state index contributed by atoms with van der Waals surface area (Å²) in [6, 6.07) is 4.08.